The number of hydrogen-bond acceptors (Lipinski definition) is 4. The molecule has 0 aliphatic rings. The van der Waals surface area contributed by atoms with Crippen LogP contribution in [0.4, 0.5) is 0 Å². The van der Waals surface area contributed by atoms with Crippen molar-refractivity contribution in [2.45, 2.75) is 65.8 Å². The SMILES string of the molecule is CCCN(C)C(C)(CCC)CNC(=O)c1noc(CC)c1C. The molecule has 126 valence electrons. The summed E-state index contributed by atoms with van der Waals surface area (Å²) in [5.41, 5.74) is 1.22. The highest BCUT2D eigenvalue weighted by Gasteiger charge is 2.29. The van der Waals surface area contributed by atoms with E-state index in [2.05, 4.69) is 43.2 Å². The topological polar surface area (TPSA) is 58.4 Å². The number of amides is 1. The normalized spacial score (nSPS) is 14.1. The first-order valence-electron chi connectivity index (χ1n) is 8.34. The lowest BCUT2D eigenvalue weighted by molar-refractivity contribution is 0.0859. The van der Waals surface area contributed by atoms with E-state index < -0.39 is 0 Å². The molecule has 0 fully saturated rings. The third-order valence-corrected chi connectivity index (χ3v) is 4.46. The van der Waals surface area contributed by atoms with E-state index in [-0.39, 0.29) is 11.4 Å². The minimum absolute atomic E-state index is 0.0361. The number of carbonyl (C=O) groups is 1. The highest BCUT2D eigenvalue weighted by Crippen LogP contribution is 2.20. The first-order valence-corrected chi connectivity index (χ1v) is 8.34. The molecule has 22 heavy (non-hydrogen) atoms. The van der Waals surface area contributed by atoms with Crippen LogP contribution >= 0.6 is 0 Å². The van der Waals surface area contributed by atoms with Crippen LogP contribution < -0.4 is 5.32 Å². The van der Waals surface area contributed by atoms with E-state index in [4.69, 9.17) is 4.52 Å². The lowest BCUT2D eigenvalue weighted by Gasteiger charge is -2.39. The van der Waals surface area contributed by atoms with Gasteiger partial charge in [0.25, 0.3) is 5.91 Å². The van der Waals surface area contributed by atoms with Gasteiger partial charge in [-0.3, -0.25) is 9.69 Å². The Hall–Kier alpha value is -1.36. The second-order valence-electron chi connectivity index (χ2n) is 6.28. The van der Waals surface area contributed by atoms with Crippen molar-refractivity contribution in [1.29, 1.82) is 0 Å². The zero-order chi connectivity index (χ0) is 16.8. The Balaban J connectivity index is 2.75. The summed E-state index contributed by atoms with van der Waals surface area (Å²) >= 11 is 0. The smallest absolute Gasteiger partial charge is 0.273 e. The molecule has 5 nitrogen and oxygen atoms in total. The van der Waals surface area contributed by atoms with Crippen LogP contribution in [0.25, 0.3) is 0 Å². The standard InChI is InChI=1S/C17H31N3O2/c1-7-10-17(5,20(6)11-8-2)12-18-16(21)15-13(4)14(9-3)22-19-15/h7-12H2,1-6H3,(H,18,21). The maximum Gasteiger partial charge on any atom is 0.273 e. The Morgan fingerprint density at radius 2 is 2.00 bits per heavy atom. The fraction of sp³-hybridized carbons (Fsp3) is 0.765. The van der Waals surface area contributed by atoms with E-state index in [1.807, 2.05) is 13.8 Å². The van der Waals surface area contributed by atoms with Crippen molar-refractivity contribution in [3.63, 3.8) is 0 Å². The highest BCUT2D eigenvalue weighted by molar-refractivity contribution is 5.93. The van der Waals surface area contributed by atoms with Gasteiger partial charge in [-0.25, -0.2) is 0 Å². The van der Waals surface area contributed by atoms with Crippen LogP contribution in [0.3, 0.4) is 0 Å². The number of carbonyl (C=O) groups excluding carboxylic acids is 1. The van der Waals surface area contributed by atoms with Crippen LogP contribution in [0.15, 0.2) is 4.52 Å². The molecular weight excluding hydrogens is 278 g/mol. The van der Waals surface area contributed by atoms with E-state index in [0.717, 1.165) is 43.6 Å². The summed E-state index contributed by atoms with van der Waals surface area (Å²) in [6.45, 7) is 12.1. The molecule has 0 saturated carbocycles. The van der Waals surface area contributed by atoms with Crippen LogP contribution in [-0.2, 0) is 6.42 Å². The second kappa shape index (κ2) is 8.32. The molecular formula is C17H31N3O2. The van der Waals surface area contributed by atoms with Gasteiger partial charge < -0.3 is 9.84 Å². The highest BCUT2D eigenvalue weighted by atomic mass is 16.5. The number of nitrogens with zero attached hydrogens (tertiary/aromatic N) is 2. The van der Waals surface area contributed by atoms with Crippen molar-refractivity contribution in [2.75, 3.05) is 20.1 Å². The molecule has 5 heteroatoms. The van der Waals surface area contributed by atoms with E-state index in [1.165, 1.54) is 0 Å². The summed E-state index contributed by atoms with van der Waals surface area (Å²) in [6.07, 6.45) is 3.98. The largest absolute Gasteiger partial charge is 0.360 e. The Labute approximate surface area is 134 Å². The molecule has 0 aromatic carbocycles. The lowest BCUT2D eigenvalue weighted by atomic mass is 9.93. The Morgan fingerprint density at radius 3 is 2.50 bits per heavy atom. The molecule has 1 amide bonds. The van der Waals surface area contributed by atoms with Crippen molar-refractivity contribution in [2.24, 2.45) is 0 Å². The van der Waals surface area contributed by atoms with Gasteiger partial charge in [0.15, 0.2) is 5.69 Å². The fourth-order valence-corrected chi connectivity index (χ4v) is 2.82. The molecule has 0 aliphatic carbocycles. The predicted octanol–water partition coefficient (Wildman–Crippen LogP) is 3.18. The van der Waals surface area contributed by atoms with Crippen molar-refractivity contribution in [1.82, 2.24) is 15.4 Å². The quantitative estimate of drug-likeness (QED) is 0.761. The number of nitrogens with one attached hydrogen (secondary N) is 1. The number of hydrogen-bond donors (Lipinski definition) is 1. The first-order chi connectivity index (χ1) is 10.4. The van der Waals surface area contributed by atoms with Crippen LogP contribution in [0.5, 0.6) is 0 Å². The molecule has 1 N–H and O–H groups in total. The zero-order valence-corrected chi connectivity index (χ0v) is 15.0. The Kier molecular flexibility index (Phi) is 7.07. The molecule has 1 aromatic rings. The predicted molar refractivity (Wildman–Crippen MR) is 89.2 cm³/mol. The van der Waals surface area contributed by atoms with Crippen molar-refractivity contribution in [3.05, 3.63) is 17.0 Å². The first kappa shape index (κ1) is 18.7. The van der Waals surface area contributed by atoms with Gasteiger partial charge in [0.1, 0.15) is 5.76 Å². The van der Waals surface area contributed by atoms with Gasteiger partial charge in [-0.15, -0.1) is 0 Å². The molecule has 1 unspecified atom stereocenters. The molecule has 1 rings (SSSR count). The Morgan fingerprint density at radius 1 is 1.32 bits per heavy atom. The summed E-state index contributed by atoms with van der Waals surface area (Å²) in [7, 11) is 2.13. The van der Waals surface area contributed by atoms with Crippen molar-refractivity contribution in [3.8, 4) is 0 Å². The van der Waals surface area contributed by atoms with Gasteiger partial charge in [0, 0.05) is 24.1 Å². The van der Waals surface area contributed by atoms with Crippen molar-refractivity contribution < 1.29 is 9.32 Å². The average Bonchev–Trinajstić information content (AvgIpc) is 2.86. The molecule has 0 radical (unpaired) electrons. The fourth-order valence-electron chi connectivity index (χ4n) is 2.82. The van der Waals surface area contributed by atoms with Gasteiger partial charge in [0.05, 0.1) is 0 Å². The van der Waals surface area contributed by atoms with Crippen molar-refractivity contribution >= 4 is 5.91 Å². The summed E-state index contributed by atoms with van der Waals surface area (Å²) < 4.78 is 5.21. The van der Waals surface area contributed by atoms with E-state index in [1.54, 1.807) is 0 Å². The molecule has 0 spiro atoms. The van der Waals surface area contributed by atoms with E-state index >= 15 is 0 Å². The second-order valence-corrected chi connectivity index (χ2v) is 6.28. The number of aromatic nitrogens is 1. The number of rotatable bonds is 9. The van der Waals surface area contributed by atoms with Gasteiger partial charge in [-0.2, -0.15) is 0 Å². The van der Waals surface area contributed by atoms with Crippen LogP contribution in [-0.4, -0.2) is 41.6 Å². The lowest BCUT2D eigenvalue weighted by Crippen LogP contribution is -2.52. The summed E-state index contributed by atoms with van der Waals surface area (Å²) in [5.74, 6) is 0.637. The van der Waals surface area contributed by atoms with Gasteiger partial charge in [0.2, 0.25) is 0 Å². The monoisotopic (exact) mass is 309 g/mol. The summed E-state index contributed by atoms with van der Waals surface area (Å²) in [5, 5.41) is 6.95. The number of aryl methyl sites for hydroxylation is 1. The summed E-state index contributed by atoms with van der Waals surface area (Å²) in [6, 6.07) is 0. The third kappa shape index (κ3) is 4.32. The van der Waals surface area contributed by atoms with Crippen LogP contribution in [0.1, 0.15) is 68.8 Å². The molecule has 0 saturated heterocycles. The average molecular weight is 309 g/mol. The molecule has 1 atom stereocenters. The van der Waals surface area contributed by atoms with Gasteiger partial charge in [-0.05, 0) is 40.3 Å². The van der Waals surface area contributed by atoms with E-state index in [0.29, 0.717) is 12.2 Å². The maximum atomic E-state index is 12.4. The van der Waals surface area contributed by atoms with Gasteiger partial charge in [-0.1, -0.05) is 32.3 Å². The molecule has 0 bridgehead atoms. The molecule has 1 heterocycles. The number of likely N-dealkylation sites (N-methyl/N-ethyl adjacent to an activating group) is 1. The summed E-state index contributed by atoms with van der Waals surface area (Å²) in [4.78, 5) is 14.7. The molecule has 0 aliphatic heterocycles. The van der Waals surface area contributed by atoms with Crippen LogP contribution in [0.2, 0.25) is 0 Å². The zero-order valence-electron chi connectivity index (χ0n) is 15.0. The minimum Gasteiger partial charge on any atom is -0.360 e. The minimum atomic E-state index is -0.145. The Bertz CT molecular complexity index is 484. The van der Waals surface area contributed by atoms with Gasteiger partial charge >= 0.3 is 0 Å². The molecule has 1 aromatic heterocycles. The van der Waals surface area contributed by atoms with E-state index in [9.17, 15) is 4.79 Å². The van der Waals surface area contributed by atoms with Crippen LogP contribution in [0, 0.1) is 6.92 Å². The third-order valence-electron chi connectivity index (χ3n) is 4.46. The maximum absolute atomic E-state index is 12.4.